The fourth-order valence-electron chi connectivity index (χ4n) is 3.34. The van der Waals surface area contributed by atoms with E-state index in [0.717, 1.165) is 36.8 Å². The summed E-state index contributed by atoms with van der Waals surface area (Å²) in [6.45, 7) is 4.01. The molecule has 3 atom stereocenters. The summed E-state index contributed by atoms with van der Waals surface area (Å²) in [5.74, 6) is 1.50. The highest BCUT2D eigenvalue weighted by Gasteiger charge is 2.26. The van der Waals surface area contributed by atoms with E-state index in [9.17, 15) is 4.79 Å². The third-order valence-corrected chi connectivity index (χ3v) is 4.68. The molecule has 3 unspecified atom stereocenters. The Labute approximate surface area is 138 Å². The molecule has 2 rings (SSSR count). The van der Waals surface area contributed by atoms with E-state index in [1.54, 1.807) is 14.2 Å². The van der Waals surface area contributed by atoms with Crippen LogP contribution in [0.5, 0.6) is 11.5 Å². The summed E-state index contributed by atoms with van der Waals surface area (Å²) in [6, 6.07) is 3.94. The Balaban J connectivity index is 2.10. The number of ether oxygens (including phenoxy) is 2. The van der Waals surface area contributed by atoms with Crippen LogP contribution >= 0.6 is 0 Å². The van der Waals surface area contributed by atoms with Gasteiger partial charge in [-0.3, -0.25) is 4.79 Å². The molecule has 1 aliphatic carbocycles. The molecule has 1 aromatic rings. The van der Waals surface area contributed by atoms with E-state index in [1.165, 1.54) is 0 Å². The predicted octanol–water partition coefficient (Wildman–Crippen LogP) is 2.71. The normalized spacial score (nSPS) is 22.3. The molecule has 0 aromatic heterocycles. The van der Waals surface area contributed by atoms with E-state index >= 15 is 0 Å². The third-order valence-electron chi connectivity index (χ3n) is 4.68. The molecule has 0 heterocycles. The highest BCUT2D eigenvalue weighted by molar-refractivity contribution is 5.79. The van der Waals surface area contributed by atoms with Crippen LogP contribution in [0.3, 0.4) is 0 Å². The van der Waals surface area contributed by atoms with Crippen molar-refractivity contribution in [2.75, 3.05) is 14.2 Å². The first-order chi connectivity index (χ1) is 11.0. The van der Waals surface area contributed by atoms with Crippen LogP contribution in [0.2, 0.25) is 0 Å². The second-order valence-electron chi connectivity index (χ2n) is 6.42. The van der Waals surface area contributed by atoms with Crippen molar-refractivity contribution < 1.29 is 14.3 Å². The summed E-state index contributed by atoms with van der Waals surface area (Å²) in [7, 11) is 3.23. The molecule has 5 heteroatoms. The minimum atomic E-state index is -0.0829. The lowest BCUT2D eigenvalue weighted by molar-refractivity contribution is -0.126. The van der Waals surface area contributed by atoms with Gasteiger partial charge in [0.15, 0.2) is 11.5 Å². The van der Waals surface area contributed by atoms with Crippen LogP contribution in [0.25, 0.3) is 0 Å². The molecule has 5 nitrogen and oxygen atoms in total. The van der Waals surface area contributed by atoms with Crippen molar-refractivity contribution in [3.63, 3.8) is 0 Å². The van der Waals surface area contributed by atoms with Crippen molar-refractivity contribution in [2.24, 2.45) is 11.7 Å². The first-order valence-corrected chi connectivity index (χ1v) is 8.24. The molecule has 0 bridgehead atoms. The monoisotopic (exact) mass is 320 g/mol. The van der Waals surface area contributed by atoms with Gasteiger partial charge in [0.1, 0.15) is 0 Å². The summed E-state index contributed by atoms with van der Waals surface area (Å²) in [5.41, 5.74) is 8.09. The molecule has 1 fully saturated rings. The molecular weight excluding hydrogens is 292 g/mol. The number of aryl methyl sites for hydroxylation is 1. The van der Waals surface area contributed by atoms with Crippen LogP contribution in [-0.2, 0) is 4.79 Å². The predicted molar refractivity (Wildman–Crippen MR) is 90.8 cm³/mol. The van der Waals surface area contributed by atoms with Gasteiger partial charge in [0, 0.05) is 12.0 Å². The van der Waals surface area contributed by atoms with Gasteiger partial charge in [0.2, 0.25) is 5.91 Å². The second kappa shape index (κ2) is 7.68. The molecule has 1 aromatic carbocycles. The summed E-state index contributed by atoms with van der Waals surface area (Å²) in [5, 5.41) is 3.13. The van der Waals surface area contributed by atoms with Crippen LogP contribution in [0.1, 0.15) is 49.8 Å². The Morgan fingerprint density at radius 3 is 2.52 bits per heavy atom. The van der Waals surface area contributed by atoms with Gasteiger partial charge in [-0.1, -0.05) is 6.42 Å². The first-order valence-electron chi connectivity index (χ1n) is 8.24. The minimum absolute atomic E-state index is 0.0293. The fraction of sp³-hybridized carbons (Fsp3) is 0.611. The zero-order chi connectivity index (χ0) is 17.0. The van der Waals surface area contributed by atoms with Crippen molar-refractivity contribution in [3.05, 3.63) is 23.3 Å². The smallest absolute Gasteiger partial charge is 0.223 e. The maximum Gasteiger partial charge on any atom is 0.223 e. The van der Waals surface area contributed by atoms with Crippen LogP contribution in [-0.4, -0.2) is 26.2 Å². The molecule has 1 aliphatic rings. The number of amides is 1. The number of nitrogens with two attached hydrogens (primary N) is 1. The highest BCUT2D eigenvalue weighted by Crippen LogP contribution is 2.33. The quantitative estimate of drug-likeness (QED) is 0.875. The largest absolute Gasteiger partial charge is 0.493 e. The summed E-state index contributed by atoms with van der Waals surface area (Å²) < 4.78 is 10.7. The Hall–Kier alpha value is -1.75. The van der Waals surface area contributed by atoms with Crippen molar-refractivity contribution in [1.82, 2.24) is 5.32 Å². The van der Waals surface area contributed by atoms with Gasteiger partial charge < -0.3 is 20.5 Å². The van der Waals surface area contributed by atoms with Crippen molar-refractivity contribution in [1.29, 1.82) is 0 Å². The van der Waals surface area contributed by atoms with Crippen molar-refractivity contribution in [2.45, 2.75) is 51.6 Å². The second-order valence-corrected chi connectivity index (χ2v) is 6.42. The Kier molecular flexibility index (Phi) is 5.88. The minimum Gasteiger partial charge on any atom is -0.493 e. The maximum atomic E-state index is 12.5. The van der Waals surface area contributed by atoms with E-state index in [1.807, 2.05) is 26.0 Å². The molecule has 1 saturated carbocycles. The topological polar surface area (TPSA) is 73.6 Å². The molecule has 1 amide bonds. The number of hydrogen-bond donors (Lipinski definition) is 2. The van der Waals surface area contributed by atoms with Gasteiger partial charge in [-0.15, -0.1) is 0 Å². The van der Waals surface area contributed by atoms with Gasteiger partial charge in [-0.05, 0) is 56.4 Å². The van der Waals surface area contributed by atoms with Crippen molar-refractivity contribution in [3.8, 4) is 11.5 Å². The van der Waals surface area contributed by atoms with E-state index < -0.39 is 0 Å². The Morgan fingerprint density at radius 1 is 1.26 bits per heavy atom. The van der Waals surface area contributed by atoms with Crippen LogP contribution in [0, 0.1) is 12.8 Å². The molecule has 128 valence electrons. The summed E-state index contributed by atoms with van der Waals surface area (Å²) in [4.78, 5) is 12.5. The van der Waals surface area contributed by atoms with E-state index in [0.29, 0.717) is 11.5 Å². The SMILES string of the molecule is COc1cc(C)c(C(C)NC(=O)C2CCCC(N)C2)cc1OC. The highest BCUT2D eigenvalue weighted by atomic mass is 16.5. The lowest BCUT2D eigenvalue weighted by Crippen LogP contribution is -2.38. The van der Waals surface area contributed by atoms with Gasteiger partial charge in [0.25, 0.3) is 0 Å². The molecular formula is C18H28N2O3. The van der Waals surface area contributed by atoms with Crippen LogP contribution in [0.15, 0.2) is 12.1 Å². The number of carbonyl (C=O) groups excluding carboxylic acids is 1. The number of methoxy groups -OCH3 is 2. The van der Waals surface area contributed by atoms with E-state index in [-0.39, 0.29) is 23.9 Å². The molecule has 0 saturated heterocycles. The summed E-state index contributed by atoms with van der Waals surface area (Å²) >= 11 is 0. The molecule has 3 N–H and O–H groups in total. The van der Waals surface area contributed by atoms with Gasteiger partial charge in [-0.2, -0.15) is 0 Å². The third kappa shape index (κ3) is 4.16. The average Bonchev–Trinajstić information content (AvgIpc) is 2.54. The zero-order valence-electron chi connectivity index (χ0n) is 14.5. The number of nitrogens with one attached hydrogen (secondary N) is 1. The van der Waals surface area contributed by atoms with Crippen LogP contribution < -0.4 is 20.5 Å². The van der Waals surface area contributed by atoms with E-state index in [2.05, 4.69) is 5.32 Å². The van der Waals surface area contributed by atoms with Crippen LogP contribution in [0.4, 0.5) is 0 Å². The number of carbonyl (C=O) groups is 1. The van der Waals surface area contributed by atoms with E-state index in [4.69, 9.17) is 15.2 Å². The average molecular weight is 320 g/mol. The molecule has 0 spiro atoms. The first kappa shape index (κ1) is 17.6. The van der Waals surface area contributed by atoms with Gasteiger partial charge in [-0.25, -0.2) is 0 Å². The summed E-state index contributed by atoms with van der Waals surface area (Å²) in [6.07, 6.45) is 3.76. The van der Waals surface area contributed by atoms with Crippen molar-refractivity contribution >= 4 is 5.91 Å². The molecule has 23 heavy (non-hydrogen) atoms. The lowest BCUT2D eigenvalue weighted by Gasteiger charge is -2.27. The Bertz CT molecular complexity index is 559. The number of benzene rings is 1. The Morgan fingerprint density at radius 2 is 1.91 bits per heavy atom. The maximum absolute atomic E-state index is 12.5. The standard InChI is InChI=1S/C18H28N2O3/c1-11-8-16(22-3)17(23-4)10-15(11)12(2)20-18(21)13-6-5-7-14(19)9-13/h8,10,12-14H,5-7,9,19H2,1-4H3,(H,20,21). The van der Waals surface area contributed by atoms with Gasteiger partial charge >= 0.3 is 0 Å². The number of rotatable bonds is 5. The molecule has 0 radical (unpaired) electrons. The van der Waals surface area contributed by atoms with Gasteiger partial charge in [0.05, 0.1) is 20.3 Å². The number of hydrogen-bond acceptors (Lipinski definition) is 4. The zero-order valence-corrected chi connectivity index (χ0v) is 14.5. The molecule has 0 aliphatic heterocycles. The lowest BCUT2D eigenvalue weighted by atomic mass is 9.85. The fourth-order valence-corrected chi connectivity index (χ4v) is 3.34.